The smallest absolute Gasteiger partial charge is 0.347 e. The summed E-state index contributed by atoms with van der Waals surface area (Å²) in [6.07, 6.45) is -1.05. The number of nitrogens with one attached hydrogen (secondary N) is 1. The van der Waals surface area contributed by atoms with Crippen molar-refractivity contribution in [3.05, 3.63) is 58.1 Å². The third kappa shape index (κ3) is 5.57. The molecule has 0 saturated carbocycles. The van der Waals surface area contributed by atoms with Gasteiger partial charge in [0, 0.05) is 11.1 Å². The SMILES string of the molecule is C[C@H](Oc1ccc(Cl)cc1Cl)C(=O)OCC(=O)Nc1ccc(F)cc1F. The van der Waals surface area contributed by atoms with E-state index in [-0.39, 0.29) is 16.5 Å². The lowest BCUT2D eigenvalue weighted by molar-refractivity contribution is -0.153. The molecular weight excluding hydrogens is 391 g/mol. The summed E-state index contributed by atoms with van der Waals surface area (Å²) in [7, 11) is 0. The number of benzene rings is 2. The summed E-state index contributed by atoms with van der Waals surface area (Å²) in [6, 6.07) is 7.12. The minimum absolute atomic E-state index is 0.210. The maximum Gasteiger partial charge on any atom is 0.347 e. The van der Waals surface area contributed by atoms with Gasteiger partial charge in [-0.1, -0.05) is 23.2 Å². The largest absolute Gasteiger partial charge is 0.477 e. The fourth-order valence-electron chi connectivity index (χ4n) is 1.84. The van der Waals surface area contributed by atoms with Crippen molar-refractivity contribution in [3.63, 3.8) is 0 Å². The minimum Gasteiger partial charge on any atom is -0.477 e. The van der Waals surface area contributed by atoms with Crippen LogP contribution in [0.2, 0.25) is 10.0 Å². The van der Waals surface area contributed by atoms with Crippen LogP contribution in [0.1, 0.15) is 6.92 Å². The van der Waals surface area contributed by atoms with Crippen LogP contribution in [0.4, 0.5) is 14.5 Å². The molecular formula is C17H13Cl2F2NO4. The Kier molecular flexibility index (Phi) is 6.76. The van der Waals surface area contributed by atoms with Gasteiger partial charge >= 0.3 is 5.97 Å². The molecule has 2 aromatic carbocycles. The number of halogens is 4. The van der Waals surface area contributed by atoms with Crippen molar-refractivity contribution in [2.45, 2.75) is 13.0 Å². The van der Waals surface area contributed by atoms with Crippen LogP contribution in [0.15, 0.2) is 36.4 Å². The van der Waals surface area contributed by atoms with Crippen molar-refractivity contribution in [2.75, 3.05) is 11.9 Å². The first-order valence-electron chi connectivity index (χ1n) is 7.29. The van der Waals surface area contributed by atoms with Gasteiger partial charge in [0.2, 0.25) is 0 Å². The van der Waals surface area contributed by atoms with Gasteiger partial charge in [-0.3, -0.25) is 4.79 Å². The van der Waals surface area contributed by atoms with Gasteiger partial charge in [-0.05, 0) is 37.3 Å². The Hall–Kier alpha value is -2.38. The Balaban J connectivity index is 1.85. The Bertz CT molecular complexity index is 832. The highest BCUT2D eigenvalue weighted by molar-refractivity contribution is 6.35. The second-order valence-electron chi connectivity index (χ2n) is 5.11. The van der Waals surface area contributed by atoms with Crippen LogP contribution in [-0.4, -0.2) is 24.6 Å². The molecule has 0 fully saturated rings. The normalized spacial score (nSPS) is 11.6. The number of ether oxygens (including phenoxy) is 2. The lowest BCUT2D eigenvalue weighted by Gasteiger charge is -2.15. The maximum atomic E-state index is 13.4. The van der Waals surface area contributed by atoms with E-state index < -0.39 is 36.2 Å². The van der Waals surface area contributed by atoms with Gasteiger partial charge in [-0.25, -0.2) is 13.6 Å². The zero-order chi connectivity index (χ0) is 19.3. The fraction of sp³-hybridized carbons (Fsp3) is 0.176. The second kappa shape index (κ2) is 8.82. The molecule has 0 saturated heterocycles. The van der Waals surface area contributed by atoms with Crippen LogP contribution >= 0.6 is 23.2 Å². The van der Waals surface area contributed by atoms with Crippen LogP contribution in [0.25, 0.3) is 0 Å². The lowest BCUT2D eigenvalue weighted by Crippen LogP contribution is -2.30. The Morgan fingerprint density at radius 2 is 1.88 bits per heavy atom. The van der Waals surface area contributed by atoms with Crippen LogP contribution in [0, 0.1) is 11.6 Å². The molecule has 0 bridgehead atoms. The number of amides is 1. The third-order valence-corrected chi connectivity index (χ3v) is 3.61. The molecule has 0 aromatic heterocycles. The van der Waals surface area contributed by atoms with Gasteiger partial charge in [-0.15, -0.1) is 0 Å². The molecule has 1 amide bonds. The quantitative estimate of drug-likeness (QED) is 0.733. The number of carbonyl (C=O) groups is 2. The van der Waals surface area contributed by atoms with E-state index in [1.54, 1.807) is 0 Å². The number of carbonyl (C=O) groups excluding carboxylic acids is 2. The van der Waals surface area contributed by atoms with Crippen LogP contribution in [0.5, 0.6) is 5.75 Å². The molecule has 5 nitrogen and oxygen atoms in total. The van der Waals surface area contributed by atoms with Crippen molar-refractivity contribution < 1.29 is 27.8 Å². The summed E-state index contributed by atoms with van der Waals surface area (Å²) in [4.78, 5) is 23.6. The van der Waals surface area contributed by atoms with E-state index in [0.717, 1.165) is 12.1 Å². The van der Waals surface area contributed by atoms with E-state index in [2.05, 4.69) is 5.32 Å². The number of hydrogen-bond donors (Lipinski definition) is 1. The molecule has 0 aliphatic rings. The summed E-state index contributed by atoms with van der Waals surface area (Å²) in [5, 5.41) is 2.78. The molecule has 2 rings (SSSR count). The predicted molar refractivity (Wildman–Crippen MR) is 92.5 cm³/mol. The van der Waals surface area contributed by atoms with Gasteiger partial charge in [0.05, 0.1) is 10.7 Å². The lowest BCUT2D eigenvalue weighted by atomic mass is 10.3. The zero-order valence-electron chi connectivity index (χ0n) is 13.4. The molecule has 26 heavy (non-hydrogen) atoms. The number of hydrogen-bond acceptors (Lipinski definition) is 4. The summed E-state index contributed by atoms with van der Waals surface area (Å²) in [5.41, 5.74) is -0.232. The van der Waals surface area contributed by atoms with E-state index in [0.29, 0.717) is 11.1 Å². The van der Waals surface area contributed by atoms with Crippen molar-refractivity contribution in [2.24, 2.45) is 0 Å². The van der Waals surface area contributed by atoms with E-state index in [1.165, 1.54) is 25.1 Å². The Morgan fingerprint density at radius 1 is 1.15 bits per heavy atom. The first kappa shape index (κ1) is 19.9. The molecule has 0 radical (unpaired) electrons. The fourth-order valence-corrected chi connectivity index (χ4v) is 2.29. The maximum absolute atomic E-state index is 13.4. The first-order chi connectivity index (χ1) is 12.3. The molecule has 0 aliphatic heterocycles. The van der Waals surface area contributed by atoms with Gasteiger partial charge in [0.1, 0.15) is 17.4 Å². The van der Waals surface area contributed by atoms with Gasteiger partial charge in [0.15, 0.2) is 12.7 Å². The van der Waals surface area contributed by atoms with Crippen molar-refractivity contribution in [1.29, 1.82) is 0 Å². The first-order valence-corrected chi connectivity index (χ1v) is 8.05. The van der Waals surface area contributed by atoms with Crippen molar-refractivity contribution in [3.8, 4) is 5.75 Å². The summed E-state index contributed by atoms with van der Waals surface area (Å²) >= 11 is 11.7. The topological polar surface area (TPSA) is 64.6 Å². The second-order valence-corrected chi connectivity index (χ2v) is 5.96. The molecule has 0 heterocycles. The molecule has 138 valence electrons. The molecule has 9 heteroatoms. The predicted octanol–water partition coefficient (Wildman–Crippen LogP) is 4.22. The standard InChI is InChI=1S/C17H13Cl2F2NO4/c1-9(26-15-5-2-10(18)6-12(15)19)17(24)25-8-16(23)22-14-4-3-11(20)7-13(14)21/h2-7,9H,8H2,1H3,(H,22,23)/t9-/m0/s1. The molecule has 0 unspecified atom stereocenters. The van der Waals surface area contributed by atoms with Crippen molar-refractivity contribution in [1.82, 2.24) is 0 Å². The average Bonchev–Trinajstić information content (AvgIpc) is 2.57. The zero-order valence-corrected chi connectivity index (χ0v) is 14.9. The van der Waals surface area contributed by atoms with Gasteiger partial charge < -0.3 is 14.8 Å². The van der Waals surface area contributed by atoms with E-state index in [1.807, 2.05) is 0 Å². The molecule has 0 spiro atoms. The van der Waals surface area contributed by atoms with E-state index in [9.17, 15) is 18.4 Å². The third-order valence-electron chi connectivity index (χ3n) is 3.08. The highest BCUT2D eigenvalue weighted by Gasteiger charge is 2.19. The molecule has 1 atom stereocenters. The summed E-state index contributed by atoms with van der Waals surface area (Å²) < 4.78 is 36.4. The Morgan fingerprint density at radius 3 is 2.54 bits per heavy atom. The highest BCUT2D eigenvalue weighted by atomic mass is 35.5. The van der Waals surface area contributed by atoms with E-state index in [4.69, 9.17) is 32.7 Å². The van der Waals surface area contributed by atoms with Gasteiger partial charge in [0.25, 0.3) is 5.91 Å². The minimum atomic E-state index is -1.05. The molecule has 0 aliphatic carbocycles. The summed E-state index contributed by atoms with van der Waals surface area (Å²) in [5.74, 6) is -3.12. The van der Waals surface area contributed by atoms with Crippen LogP contribution in [0.3, 0.4) is 0 Å². The van der Waals surface area contributed by atoms with Gasteiger partial charge in [-0.2, -0.15) is 0 Å². The Labute approximate surface area is 157 Å². The molecule has 1 N–H and O–H groups in total. The van der Waals surface area contributed by atoms with Crippen molar-refractivity contribution >= 4 is 40.8 Å². The average molecular weight is 404 g/mol. The number of anilines is 1. The van der Waals surface area contributed by atoms with E-state index >= 15 is 0 Å². The number of rotatable bonds is 6. The van der Waals surface area contributed by atoms with Crippen LogP contribution < -0.4 is 10.1 Å². The monoisotopic (exact) mass is 403 g/mol. The molecule has 2 aromatic rings. The number of esters is 1. The van der Waals surface area contributed by atoms with Crippen LogP contribution in [-0.2, 0) is 14.3 Å². The highest BCUT2D eigenvalue weighted by Crippen LogP contribution is 2.28. The summed E-state index contributed by atoms with van der Waals surface area (Å²) in [6.45, 7) is 0.739.